The Morgan fingerprint density at radius 3 is 2.54 bits per heavy atom. The highest BCUT2D eigenvalue weighted by Crippen LogP contribution is 2.27. The van der Waals surface area contributed by atoms with Crippen LogP contribution in [0.4, 0.5) is 0 Å². The summed E-state index contributed by atoms with van der Waals surface area (Å²) in [5.74, 6) is 0.757. The van der Waals surface area contributed by atoms with E-state index in [9.17, 15) is 0 Å². The van der Waals surface area contributed by atoms with Crippen molar-refractivity contribution in [1.82, 2.24) is 5.32 Å². The predicted molar refractivity (Wildman–Crippen MR) is 52.5 cm³/mol. The molecule has 3 N–H and O–H groups in total. The summed E-state index contributed by atoms with van der Waals surface area (Å²) in [6.07, 6.45) is 5.34. The molecule has 1 saturated heterocycles. The average molecular weight is 184 g/mol. The van der Waals surface area contributed by atoms with Crippen molar-refractivity contribution in [1.29, 1.82) is 0 Å². The summed E-state index contributed by atoms with van der Waals surface area (Å²) in [7, 11) is 0. The van der Waals surface area contributed by atoms with Crippen LogP contribution in [-0.2, 0) is 4.74 Å². The van der Waals surface area contributed by atoms with Crippen molar-refractivity contribution < 1.29 is 4.74 Å². The Hall–Kier alpha value is -0.120. The average Bonchev–Trinajstić information content (AvgIpc) is 2.20. The van der Waals surface area contributed by atoms with Crippen LogP contribution in [0, 0.1) is 5.92 Å². The number of nitrogens with one attached hydrogen (secondary N) is 1. The highest BCUT2D eigenvalue weighted by molar-refractivity contribution is 4.82. The maximum absolute atomic E-state index is 5.87. The predicted octanol–water partition coefficient (Wildman–Crippen LogP) is 0.492. The van der Waals surface area contributed by atoms with Crippen molar-refractivity contribution in [3.8, 4) is 0 Å². The molecule has 0 amide bonds. The van der Waals surface area contributed by atoms with Gasteiger partial charge in [-0.1, -0.05) is 0 Å². The first-order valence-electron chi connectivity index (χ1n) is 5.44. The van der Waals surface area contributed by atoms with Gasteiger partial charge in [-0.2, -0.15) is 0 Å². The minimum Gasteiger partial charge on any atom is -0.375 e. The molecular formula is C10H20N2O. The summed E-state index contributed by atoms with van der Waals surface area (Å²) >= 11 is 0. The van der Waals surface area contributed by atoms with E-state index in [4.69, 9.17) is 10.5 Å². The van der Waals surface area contributed by atoms with Crippen molar-refractivity contribution >= 4 is 0 Å². The lowest BCUT2D eigenvalue weighted by Gasteiger charge is -2.34. The van der Waals surface area contributed by atoms with E-state index in [1.807, 2.05) is 0 Å². The molecule has 1 saturated carbocycles. The fourth-order valence-corrected chi connectivity index (χ4v) is 2.41. The van der Waals surface area contributed by atoms with Gasteiger partial charge in [-0.25, -0.2) is 0 Å². The summed E-state index contributed by atoms with van der Waals surface area (Å²) in [5.41, 5.74) is 5.87. The molecule has 0 radical (unpaired) electrons. The Morgan fingerprint density at radius 2 is 1.92 bits per heavy atom. The van der Waals surface area contributed by atoms with Crippen LogP contribution < -0.4 is 11.1 Å². The zero-order valence-corrected chi connectivity index (χ0v) is 8.17. The van der Waals surface area contributed by atoms with Gasteiger partial charge in [0.1, 0.15) is 0 Å². The largest absolute Gasteiger partial charge is 0.375 e. The first-order chi connectivity index (χ1) is 6.36. The number of hydrogen-bond acceptors (Lipinski definition) is 3. The van der Waals surface area contributed by atoms with Gasteiger partial charge in [-0.05, 0) is 31.6 Å². The molecule has 0 aromatic carbocycles. The maximum atomic E-state index is 5.87. The van der Waals surface area contributed by atoms with Crippen LogP contribution in [0.15, 0.2) is 0 Å². The van der Waals surface area contributed by atoms with Crippen LogP contribution in [0.1, 0.15) is 25.7 Å². The SMILES string of the molecule is N[C@H]1CC[C@@H](C2CNCCO2)CC1. The Balaban J connectivity index is 1.79. The van der Waals surface area contributed by atoms with Crippen LogP contribution in [-0.4, -0.2) is 31.8 Å². The minimum atomic E-state index is 0.452. The van der Waals surface area contributed by atoms with Gasteiger partial charge in [0.05, 0.1) is 12.7 Å². The number of nitrogens with two attached hydrogens (primary N) is 1. The van der Waals surface area contributed by atoms with E-state index in [0.29, 0.717) is 12.1 Å². The number of morpholine rings is 1. The Morgan fingerprint density at radius 1 is 1.15 bits per heavy atom. The molecule has 3 heteroatoms. The minimum absolute atomic E-state index is 0.452. The van der Waals surface area contributed by atoms with E-state index >= 15 is 0 Å². The molecule has 0 spiro atoms. The summed E-state index contributed by atoms with van der Waals surface area (Å²) in [4.78, 5) is 0. The fraction of sp³-hybridized carbons (Fsp3) is 1.00. The van der Waals surface area contributed by atoms with E-state index in [1.54, 1.807) is 0 Å². The van der Waals surface area contributed by atoms with E-state index in [-0.39, 0.29) is 0 Å². The summed E-state index contributed by atoms with van der Waals surface area (Å²) < 4.78 is 5.75. The van der Waals surface area contributed by atoms with Gasteiger partial charge in [0.25, 0.3) is 0 Å². The van der Waals surface area contributed by atoms with Gasteiger partial charge in [0.2, 0.25) is 0 Å². The highest BCUT2D eigenvalue weighted by atomic mass is 16.5. The van der Waals surface area contributed by atoms with Gasteiger partial charge < -0.3 is 15.8 Å². The van der Waals surface area contributed by atoms with Crippen LogP contribution in [0.2, 0.25) is 0 Å². The molecule has 2 fully saturated rings. The lowest BCUT2D eigenvalue weighted by Crippen LogP contribution is -2.44. The second kappa shape index (κ2) is 4.40. The van der Waals surface area contributed by atoms with Gasteiger partial charge in [0, 0.05) is 19.1 Å². The first-order valence-corrected chi connectivity index (χ1v) is 5.44. The molecule has 2 rings (SSSR count). The van der Waals surface area contributed by atoms with Crippen LogP contribution >= 0.6 is 0 Å². The van der Waals surface area contributed by atoms with Crippen molar-refractivity contribution in [2.75, 3.05) is 19.7 Å². The Labute approximate surface area is 80.0 Å². The summed E-state index contributed by atoms with van der Waals surface area (Å²) in [5, 5.41) is 3.39. The lowest BCUT2D eigenvalue weighted by molar-refractivity contribution is -0.0202. The summed E-state index contributed by atoms with van der Waals surface area (Å²) in [6, 6.07) is 0.452. The molecule has 0 aromatic heterocycles. The van der Waals surface area contributed by atoms with Crippen LogP contribution in [0.3, 0.4) is 0 Å². The monoisotopic (exact) mass is 184 g/mol. The Bertz CT molecular complexity index is 149. The number of ether oxygens (including phenoxy) is 1. The third-order valence-corrected chi connectivity index (χ3v) is 3.30. The molecule has 1 unspecified atom stereocenters. The van der Waals surface area contributed by atoms with Crippen molar-refractivity contribution in [3.63, 3.8) is 0 Å². The Kier molecular flexibility index (Phi) is 3.19. The topological polar surface area (TPSA) is 47.3 Å². The standard InChI is InChI=1S/C10H20N2O/c11-9-3-1-8(2-4-9)10-7-12-5-6-13-10/h8-10,12H,1-7,11H2/t8-,9+,10?. The number of rotatable bonds is 1. The lowest BCUT2D eigenvalue weighted by atomic mass is 9.82. The van der Waals surface area contributed by atoms with E-state index in [2.05, 4.69) is 5.32 Å². The quantitative estimate of drug-likeness (QED) is 0.623. The van der Waals surface area contributed by atoms with Crippen LogP contribution in [0.25, 0.3) is 0 Å². The highest BCUT2D eigenvalue weighted by Gasteiger charge is 2.27. The van der Waals surface area contributed by atoms with Crippen molar-refractivity contribution in [3.05, 3.63) is 0 Å². The molecule has 2 aliphatic rings. The normalized spacial score (nSPS) is 41.8. The van der Waals surface area contributed by atoms with Gasteiger partial charge in [0.15, 0.2) is 0 Å². The fourth-order valence-electron chi connectivity index (χ4n) is 2.41. The molecule has 13 heavy (non-hydrogen) atoms. The van der Waals surface area contributed by atoms with Gasteiger partial charge >= 0.3 is 0 Å². The molecule has 3 nitrogen and oxygen atoms in total. The van der Waals surface area contributed by atoms with Gasteiger partial charge in [-0.3, -0.25) is 0 Å². The van der Waals surface area contributed by atoms with Crippen LogP contribution in [0.5, 0.6) is 0 Å². The second-order valence-electron chi connectivity index (χ2n) is 4.29. The molecular weight excluding hydrogens is 164 g/mol. The van der Waals surface area contributed by atoms with E-state index < -0.39 is 0 Å². The molecule has 76 valence electrons. The molecule has 1 aliphatic carbocycles. The third-order valence-electron chi connectivity index (χ3n) is 3.30. The molecule has 1 atom stereocenters. The summed E-state index contributed by atoms with van der Waals surface area (Å²) in [6.45, 7) is 2.94. The third kappa shape index (κ3) is 2.42. The number of hydrogen-bond donors (Lipinski definition) is 2. The zero-order valence-electron chi connectivity index (χ0n) is 8.17. The van der Waals surface area contributed by atoms with E-state index in [1.165, 1.54) is 25.7 Å². The molecule has 1 aliphatic heterocycles. The molecule has 0 bridgehead atoms. The first kappa shape index (κ1) is 9.44. The van der Waals surface area contributed by atoms with Crippen molar-refractivity contribution in [2.24, 2.45) is 11.7 Å². The molecule has 1 heterocycles. The van der Waals surface area contributed by atoms with Gasteiger partial charge in [-0.15, -0.1) is 0 Å². The second-order valence-corrected chi connectivity index (χ2v) is 4.29. The van der Waals surface area contributed by atoms with E-state index in [0.717, 1.165) is 25.6 Å². The maximum Gasteiger partial charge on any atom is 0.0728 e. The van der Waals surface area contributed by atoms with Crippen molar-refractivity contribution in [2.45, 2.75) is 37.8 Å². The zero-order chi connectivity index (χ0) is 9.10. The molecule has 0 aromatic rings. The smallest absolute Gasteiger partial charge is 0.0728 e.